The number of aliphatic hydroxyl groups is 1. The molecule has 0 aliphatic heterocycles. The van der Waals surface area contributed by atoms with Crippen LogP contribution in [0.25, 0.3) is 0 Å². The topological polar surface area (TPSA) is 101 Å². The van der Waals surface area contributed by atoms with Crippen LogP contribution in [-0.4, -0.2) is 39.9 Å². The standard InChI is InChI=1S/C13H17NO5S2/c1-20(16,17)11-21(18,19)14-10-13-7-4-6-12(9-13)5-2-3-8-15/h4,6-7,9,14-15H,3,8,10-11H2,1H3. The molecule has 116 valence electrons. The van der Waals surface area contributed by atoms with Crippen molar-refractivity contribution in [2.75, 3.05) is 17.9 Å². The molecular weight excluding hydrogens is 314 g/mol. The molecule has 0 aromatic heterocycles. The van der Waals surface area contributed by atoms with E-state index in [0.717, 1.165) is 6.26 Å². The van der Waals surface area contributed by atoms with E-state index in [0.29, 0.717) is 17.5 Å². The van der Waals surface area contributed by atoms with Gasteiger partial charge in [-0.1, -0.05) is 24.0 Å². The summed E-state index contributed by atoms with van der Waals surface area (Å²) in [4.78, 5) is 0. The van der Waals surface area contributed by atoms with Gasteiger partial charge in [0.2, 0.25) is 10.0 Å². The Morgan fingerprint density at radius 3 is 2.57 bits per heavy atom. The zero-order valence-electron chi connectivity index (χ0n) is 11.5. The summed E-state index contributed by atoms with van der Waals surface area (Å²) in [5.41, 5.74) is 1.37. The lowest BCUT2D eigenvalue weighted by Gasteiger charge is -2.06. The van der Waals surface area contributed by atoms with Crippen LogP contribution in [0.4, 0.5) is 0 Å². The summed E-state index contributed by atoms with van der Waals surface area (Å²) < 4.78 is 47.4. The predicted octanol–water partition coefficient (Wildman–Crippen LogP) is -0.158. The number of rotatable bonds is 6. The molecule has 0 spiro atoms. The van der Waals surface area contributed by atoms with Crippen LogP contribution in [0.3, 0.4) is 0 Å². The summed E-state index contributed by atoms with van der Waals surface area (Å²) in [7, 11) is -7.48. The first kappa shape index (κ1) is 17.7. The Morgan fingerprint density at radius 2 is 1.95 bits per heavy atom. The van der Waals surface area contributed by atoms with E-state index in [-0.39, 0.29) is 13.2 Å². The smallest absolute Gasteiger partial charge is 0.226 e. The summed E-state index contributed by atoms with van der Waals surface area (Å²) in [5, 5.41) is 7.70. The second-order valence-electron chi connectivity index (χ2n) is 4.46. The molecule has 0 aliphatic rings. The molecule has 0 fully saturated rings. The van der Waals surface area contributed by atoms with E-state index in [2.05, 4.69) is 16.6 Å². The molecule has 0 unspecified atom stereocenters. The lowest BCUT2D eigenvalue weighted by atomic mass is 10.1. The fourth-order valence-corrected chi connectivity index (χ4v) is 4.47. The Morgan fingerprint density at radius 1 is 1.24 bits per heavy atom. The zero-order valence-corrected chi connectivity index (χ0v) is 13.2. The first-order valence-electron chi connectivity index (χ1n) is 6.05. The van der Waals surface area contributed by atoms with E-state index in [9.17, 15) is 16.8 Å². The predicted molar refractivity (Wildman–Crippen MR) is 80.5 cm³/mol. The highest BCUT2D eigenvalue weighted by Crippen LogP contribution is 2.05. The maximum atomic E-state index is 11.6. The molecule has 0 heterocycles. The van der Waals surface area contributed by atoms with Crippen molar-refractivity contribution in [2.45, 2.75) is 13.0 Å². The van der Waals surface area contributed by atoms with Gasteiger partial charge in [0.1, 0.15) is 0 Å². The third-order valence-electron chi connectivity index (χ3n) is 2.26. The van der Waals surface area contributed by atoms with Crippen LogP contribution in [0.5, 0.6) is 0 Å². The highest BCUT2D eigenvalue weighted by atomic mass is 32.3. The second-order valence-corrected chi connectivity index (χ2v) is 8.77. The normalized spacial score (nSPS) is 11.7. The molecule has 6 nitrogen and oxygen atoms in total. The van der Waals surface area contributed by atoms with Gasteiger partial charge in [0, 0.05) is 24.8 Å². The fourth-order valence-electron chi connectivity index (χ4n) is 1.50. The molecule has 2 N–H and O–H groups in total. The van der Waals surface area contributed by atoms with E-state index in [1.54, 1.807) is 24.3 Å². The van der Waals surface area contributed by atoms with Crippen molar-refractivity contribution in [3.8, 4) is 11.8 Å². The fraction of sp³-hybridized carbons (Fsp3) is 0.385. The van der Waals surface area contributed by atoms with Crippen LogP contribution in [0.1, 0.15) is 17.5 Å². The minimum atomic E-state index is -3.88. The van der Waals surface area contributed by atoms with Gasteiger partial charge in [-0.15, -0.1) is 0 Å². The van der Waals surface area contributed by atoms with Gasteiger partial charge in [-0.2, -0.15) is 0 Å². The zero-order chi connectivity index (χ0) is 15.9. The van der Waals surface area contributed by atoms with E-state index >= 15 is 0 Å². The van der Waals surface area contributed by atoms with Gasteiger partial charge >= 0.3 is 0 Å². The van der Waals surface area contributed by atoms with E-state index in [1.165, 1.54) is 0 Å². The van der Waals surface area contributed by atoms with Crippen LogP contribution < -0.4 is 4.72 Å². The molecule has 0 bridgehead atoms. The number of nitrogens with one attached hydrogen (secondary N) is 1. The molecule has 0 amide bonds. The molecule has 0 radical (unpaired) electrons. The number of sulfone groups is 1. The summed E-state index contributed by atoms with van der Waals surface area (Å²) >= 11 is 0. The van der Waals surface area contributed by atoms with Crippen molar-refractivity contribution < 1.29 is 21.9 Å². The van der Waals surface area contributed by atoms with Crippen molar-refractivity contribution in [3.05, 3.63) is 35.4 Å². The minimum Gasteiger partial charge on any atom is -0.395 e. The quantitative estimate of drug-likeness (QED) is 0.706. The van der Waals surface area contributed by atoms with Crippen LogP contribution in [0.15, 0.2) is 24.3 Å². The first-order valence-corrected chi connectivity index (χ1v) is 9.77. The van der Waals surface area contributed by atoms with Crippen molar-refractivity contribution >= 4 is 19.9 Å². The van der Waals surface area contributed by atoms with Gasteiger partial charge in [0.15, 0.2) is 14.9 Å². The summed E-state index contributed by atoms with van der Waals surface area (Å²) in [5.74, 6) is 5.60. The Balaban J connectivity index is 2.73. The van der Waals surface area contributed by atoms with Crippen molar-refractivity contribution in [1.82, 2.24) is 4.72 Å². The number of aliphatic hydroxyl groups excluding tert-OH is 1. The van der Waals surface area contributed by atoms with E-state index in [4.69, 9.17) is 5.11 Å². The average Bonchev–Trinajstić information content (AvgIpc) is 2.35. The molecular formula is C13H17NO5S2. The number of sulfonamides is 1. The average molecular weight is 331 g/mol. The van der Waals surface area contributed by atoms with Crippen molar-refractivity contribution in [1.29, 1.82) is 0 Å². The van der Waals surface area contributed by atoms with Crippen LogP contribution in [-0.2, 0) is 26.4 Å². The monoisotopic (exact) mass is 331 g/mol. The summed E-state index contributed by atoms with van der Waals surface area (Å²) in [6.07, 6.45) is 1.23. The molecule has 0 saturated carbocycles. The summed E-state index contributed by atoms with van der Waals surface area (Å²) in [6, 6.07) is 6.90. The molecule has 21 heavy (non-hydrogen) atoms. The van der Waals surface area contributed by atoms with E-state index in [1.807, 2.05) is 0 Å². The molecule has 1 rings (SSSR count). The first-order chi connectivity index (χ1) is 9.72. The highest BCUT2D eigenvalue weighted by Gasteiger charge is 2.17. The minimum absolute atomic E-state index is 0.00657. The molecule has 0 saturated heterocycles. The maximum absolute atomic E-state index is 11.6. The highest BCUT2D eigenvalue weighted by molar-refractivity contribution is 8.06. The van der Waals surface area contributed by atoms with Crippen molar-refractivity contribution in [2.24, 2.45) is 0 Å². The Kier molecular flexibility index (Phi) is 6.36. The van der Waals surface area contributed by atoms with E-state index < -0.39 is 24.9 Å². The molecule has 0 aliphatic carbocycles. The van der Waals surface area contributed by atoms with Crippen LogP contribution in [0.2, 0.25) is 0 Å². The Hall–Kier alpha value is -1.40. The number of benzene rings is 1. The van der Waals surface area contributed by atoms with Crippen molar-refractivity contribution in [3.63, 3.8) is 0 Å². The lowest BCUT2D eigenvalue weighted by molar-refractivity contribution is 0.305. The van der Waals surface area contributed by atoms with Gasteiger partial charge in [-0.05, 0) is 17.7 Å². The SMILES string of the molecule is CS(=O)(=O)CS(=O)(=O)NCc1cccc(C#CCCO)c1. The summed E-state index contributed by atoms with van der Waals surface area (Å²) in [6.45, 7) is -0.0225. The Labute approximate surface area is 125 Å². The lowest BCUT2D eigenvalue weighted by Crippen LogP contribution is -2.29. The van der Waals surface area contributed by atoms with Gasteiger partial charge in [0.05, 0.1) is 6.61 Å². The maximum Gasteiger partial charge on any atom is 0.226 e. The van der Waals surface area contributed by atoms with Crippen LogP contribution >= 0.6 is 0 Å². The molecule has 8 heteroatoms. The third-order valence-corrected chi connectivity index (χ3v) is 5.80. The Bertz CT molecular complexity index is 742. The van der Waals surface area contributed by atoms with Crippen LogP contribution in [0, 0.1) is 11.8 Å². The third kappa shape index (κ3) is 7.82. The molecule has 0 atom stereocenters. The van der Waals surface area contributed by atoms with Gasteiger partial charge in [-0.3, -0.25) is 0 Å². The van der Waals surface area contributed by atoms with Gasteiger partial charge < -0.3 is 5.11 Å². The second kappa shape index (κ2) is 7.56. The largest absolute Gasteiger partial charge is 0.395 e. The number of hydrogen-bond acceptors (Lipinski definition) is 5. The molecule has 1 aromatic rings. The van der Waals surface area contributed by atoms with Gasteiger partial charge in [-0.25, -0.2) is 21.6 Å². The van der Waals surface area contributed by atoms with Gasteiger partial charge in [0.25, 0.3) is 0 Å². The number of hydrogen-bond donors (Lipinski definition) is 2. The molecule has 1 aromatic carbocycles.